The fraction of sp³-hybridized carbons (Fsp3) is 0.276. The van der Waals surface area contributed by atoms with Gasteiger partial charge in [-0.3, -0.25) is 14.2 Å². The van der Waals surface area contributed by atoms with Crippen LogP contribution in [0.3, 0.4) is 0 Å². The number of rotatable bonds is 6. The Morgan fingerprint density at radius 3 is 2.42 bits per heavy atom. The maximum Gasteiger partial charge on any atom is 0.262 e. The normalized spacial score (nSPS) is 17.0. The Bertz CT molecular complexity index is 1500. The maximum absolute atomic E-state index is 13.5. The van der Waals surface area contributed by atoms with Crippen LogP contribution >= 0.6 is 11.8 Å². The number of carbonyl (C=O) groups excluding carboxylic acids is 1. The van der Waals surface area contributed by atoms with Gasteiger partial charge in [0.2, 0.25) is 5.91 Å². The summed E-state index contributed by atoms with van der Waals surface area (Å²) in [5, 5.41) is 1.05. The molecule has 1 aromatic heterocycles. The van der Waals surface area contributed by atoms with Crippen molar-refractivity contribution in [3.05, 3.63) is 89.2 Å². The highest BCUT2D eigenvalue weighted by Crippen LogP contribution is 2.31. The lowest BCUT2D eigenvalue weighted by atomic mass is 10.2. The summed E-state index contributed by atoms with van der Waals surface area (Å²) < 4.78 is 13.6. The number of nitrogens with zero attached hydrogens (tertiary/aromatic N) is 4. The molecule has 3 aromatic carbocycles. The molecule has 38 heavy (non-hydrogen) atoms. The summed E-state index contributed by atoms with van der Waals surface area (Å²) in [6.45, 7) is 3.51. The van der Waals surface area contributed by atoms with E-state index in [1.54, 1.807) is 10.6 Å². The number of carbonyl (C=O) groups is 1. The van der Waals surface area contributed by atoms with Gasteiger partial charge in [0.05, 0.1) is 23.2 Å². The molecule has 0 bridgehead atoms. The van der Waals surface area contributed by atoms with Gasteiger partial charge in [0, 0.05) is 31.9 Å². The van der Waals surface area contributed by atoms with E-state index in [0.717, 1.165) is 13.1 Å². The molecule has 2 aliphatic rings. The van der Waals surface area contributed by atoms with Crippen molar-refractivity contribution in [3.63, 3.8) is 0 Å². The molecule has 6 rings (SSSR count). The monoisotopic (exact) mass is 528 g/mol. The zero-order valence-electron chi connectivity index (χ0n) is 20.9. The van der Waals surface area contributed by atoms with Crippen molar-refractivity contribution in [2.45, 2.75) is 17.8 Å². The van der Waals surface area contributed by atoms with E-state index in [1.807, 2.05) is 65.6 Å². The van der Waals surface area contributed by atoms with Crippen molar-refractivity contribution in [1.29, 1.82) is 0 Å². The molecule has 0 spiro atoms. The zero-order valence-corrected chi connectivity index (χ0v) is 21.7. The topological polar surface area (TPSA) is 76.9 Å². The SMILES string of the molecule is O=C(CSc1nc2ccccc2c(=O)n1C[C@@H]1COc2ccccc2O1)N1CCN(c2ccccc2)CC1. The zero-order chi connectivity index (χ0) is 25.9. The number of aromatic nitrogens is 2. The fourth-order valence-corrected chi connectivity index (χ4v) is 5.76. The van der Waals surface area contributed by atoms with Gasteiger partial charge >= 0.3 is 0 Å². The van der Waals surface area contributed by atoms with Crippen molar-refractivity contribution in [2.75, 3.05) is 43.4 Å². The first-order valence-electron chi connectivity index (χ1n) is 12.7. The van der Waals surface area contributed by atoms with Crippen LogP contribution < -0.4 is 19.9 Å². The minimum absolute atomic E-state index is 0.0443. The number of anilines is 1. The standard InChI is InChI=1S/C29H28N4O4S/c34-27(32-16-14-31(15-17-32)21-8-2-1-3-9-21)20-38-29-30-24-11-5-4-10-23(24)28(35)33(29)18-22-19-36-25-12-6-7-13-26(25)37-22/h1-13,22H,14-20H2/t22-/m1/s1. The second-order valence-electron chi connectivity index (χ2n) is 9.32. The second kappa shape index (κ2) is 10.8. The van der Waals surface area contributed by atoms with E-state index in [4.69, 9.17) is 14.5 Å². The third kappa shape index (κ3) is 5.06. The molecular formula is C29H28N4O4S. The molecule has 3 heterocycles. The predicted octanol–water partition coefficient (Wildman–Crippen LogP) is 3.68. The summed E-state index contributed by atoms with van der Waals surface area (Å²) in [7, 11) is 0. The van der Waals surface area contributed by atoms with E-state index >= 15 is 0 Å². The van der Waals surface area contributed by atoms with E-state index in [-0.39, 0.29) is 29.9 Å². The molecule has 9 heteroatoms. The lowest BCUT2D eigenvalue weighted by Gasteiger charge is -2.36. The number of benzene rings is 3. The molecule has 1 saturated heterocycles. The average Bonchev–Trinajstić information content (AvgIpc) is 2.98. The molecule has 8 nitrogen and oxygen atoms in total. The molecule has 2 aliphatic heterocycles. The average molecular weight is 529 g/mol. The minimum atomic E-state index is -0.355. The highest BCUT2D eigenvalue weighted by Gasteiger charge is 2.25. The number of fused-ring (bicyclic) bond motifs is 2. The Hall–Kier alpha value is -3.98. The summed E-state index contributed by atoms with van der Waals surface area (Å²) >= 11 is 1.30. The number of hydrogen-bond acceptors (Lipinski definition) is 7. The molecule has 0 saturated carbocycles. The van der Waals surface area contributed by atoms with Crippen molar-refractivity contribution in [2.24, 2.45) is 0 Å². The summed E-state index contributed by atoms with van der Waals surface area (Å²) in [6, 6.07) is 25.1. The van der Waals surface area contributed by atoms with Gasteiger partial charge in [0.15, 0.2) is 22.8 Å². The van der Waals surface area contributed by atoms with E-state index in [2.05, 4.69) is 17.0 Å². The summed E-state index contributed by atoms with van der Waals surface area (Å²) in [4.78, 5) is 35.6. The Kier molecular flexibility index (Phi) is 6.92. The van der Waals surface area contributed by atoms with E-state index in [1.165, 1.54) is 17.4 Å². The van der Waals surface area contributed by atoms with Crippen molar-refractivity contribution >= 4 is 34.3 Å². The van der Waals surface area contributed by atoms with Crippen LogP contribution in [-0.2, 0) is 11.3 Å². The number of para-hydroxylation sites is 4. The Morgan fingerprint density at radius 2 is 1.61 bits per heavy atom. The molecule has 1 fully saturated rings. The van der Waals surface area contributed by atoms with Crippen LogP contribution in [0.5, 0.6) is 11.5 Å². The number of amides is 1. The van der Waals surface area contributed by atoms with Gasteiger partial charge in [-0.05, 0) is 36.4 Å². The Labute approximate surface area is 224 Å². The molecule has 4 aromatic rings. The lowest BCUT2D eigenvalue weighted by molar-refractivity contribution is -0.128. The first kappa shape index (κ1) is 24.4. The second-order valence-corrected chi connectivity index (χ2v) is 10.3. The number of hydrogen-bond donors (Lipinski definition) is 0. The van der Waals surface area contributed by atoms with Gasteiger partial charge in [-0.25, -0.2) is 4.98 Å². The molecule has 0 unspecified atom stereocenters. The molecule has 0 aliphatic carbocycles. The Morgan fingerprint density at radius 1 is 0.895 bits per heavy atom. The van der Waals surface area contributed by atoms with Crippen LogP contribution in [0, 0.1) is 0 Å². The summed E-state index contributed by atoms with van der Waals surface area (Å²) in [5.74, 6) is 1.61. The van der Waals surface area contributed by atoms with E-state index in [0.29, 0.717) is 47.3 Å². The van der Waals surface area contributed by atoms with Gasteiger partial charge in [0.1, 0.15) is 6.61 Å². The number of piperazine rings is 1. The number of thioether (sulfide) groups is 1. The van der Waals surface area contributed by atoms with Crippen molar-refractivity contribution < 1.29 is 14.3 Å². The van der Waals surface area contributed by atoms with Gasteiger partial charge in [-0.15, -0.1) is 0 Å². The highest BCUT2D eigenvalue weighted by atomic mass is 32.2. The largest absolute Gasteiger partial charge is 0.486 e. The molecular weight excluding hydrogens is 500 g/mol. The van der Waals surface area contributed by atoms with Crippen LogP contribution in [-0.4, -0.2) is 65.0 Å². The smallest absolute Gasteiger partial charge is 0.262 e. The van der Waals surface area contributed by atoms with Crippen LogP contribution in [0.2, 0.25) is 0 Å². The predicted molar refractivity (Wildman–Crippen MR) is 148 cm³/mol. The van der Waals surface area contributed by atoms with Gasteiger partial charge in [-0.1, -0.05) is 54.2 Å². The molecule has 0 N–H and O–H groups in total. The quantitative estimate of drug-likeness (QED) is 0.279. The van der Waals surface area contributed by atoms with E-state index < -0.39 is 0 Å². The highest BCUT2D eigenvalue weighted by molar-refractivity contribution is 7.99. The molecule has 1 amide bonds. The summed E-state index contributed by atoms with van der Waals surface area (Å²) in [6.07, 6.45) is -0.355. The van der Waals surface area contributed by atoms with Crippen LogP contribution in [0.4, 0.5) is 5.69 Å². The van der Waals surface area contributed by atoms with Gasteiger partial charge < -0.3 is 19.3 Å². The third-order valence-electron chi connectivity index (χ3n) is 6.86. The molecule has 1 atom stereocenters. The van der Waals surface area contributed by atoms with Crippen LogP contribution in [0.25, 0.3) is 10.9 Å². The van der Waals surface area contributed by atoms with Crippen LogP contribution in [0.15, 0.2) is 88.8 Å². The van der Waals surface area contributed by atoms with Crippen molar-refractivity contribution in [3.8, 4) is 11.5 Å². The van der Waals surface area contributed by atoms with E-state index in [9.17, 15) is 9.59 Å². The summed E-state index contributed by atoms with van der Waals surface area (Å²) in [5.41, 5.74) is 1.64. The molecule has 0 radical (unpaired) electrons. The minimum Gasteiger partial charge on any atom is -0.486 e. The lowest BCUT2D eigenvalue weighted by Crippen LogP contribution is -2.49. The number of ether oxygens (including phenoxy) is 2. The first-order chi connectivity index (χ1) is 18.7. The first-order valence-corrected chi connectivity index (χ1v) is 13.7. The third-order valence-corrected chi connectivity index (χ3v) is 7.82. The van der Waals surface area contributed by atoms with Gasteiger partial charge in [0.25, 0.3) is 5.56 Å². The fourth-order valence-electron chi connectivity index (χ4n) is 4.85. The molecule has 194 valence electrons. The maximum atomic E-state index is 13.5. The van der Waals surface area contributed by atoms with Crippen LogP contribution in [0.1, 0.15) is 0 Å². The Balaban J connectivity index is 1.17. The van der Waals surface area contributed by atoms with Gasteiger partial charge in [-0.2, -0.15) is 0 Å². The van der Waals surface area contributed by atoms with Crippen molar-refractivity contribution in [1.82, 2.24) is 14.5 Å².